The highest BCUT2D eigenvalue weighted by Crippen LogP contribution is 2.38. The number of nitrogens with one attached hydrogen (secondary N) is 1. The first kappa shape index (κ1) is 15.0. The second-order valence-corrected chi connectivity index (χ2v) is 5.79. The van der Waals surface area contributed by atoms with E-state index >= 15 is 0 Å². The minimum atomic E-state index is -0.171. The molecule has 0 aromatic rings. The third-order valence-corrected chi connectivity index (χ3v) is 3.98. The molecule has 0 amide bonds. The molecule has 100 valence electrons. The quantitative estimate of drug-likeness (QED) is 0.770. The van der Waals surface area contributed by atoms with Gasteiger partial charge in [-0.15, -0.1) is 0 Å². The summed E-state index contributed by atoms with van der Waals surface area (Å²) in [4.78, 5) is 0. The second kappa shape index (κ2) is 5.72. The van der Waals surface area contributed by atoms with Crippen LogP contribution in [0, 0.1) is 5.92 Å². The van der Waals surface area contributed by atoms with Crippen molar-refractivity contribution in [3.8, 4) is 0 Å². The van der Waals surface area contributed by atoms with Gasteiger partial charge in [0.15, 0.2) is 0 Å². The molecule has 1 N–H and O–H groups in total. The molecule has 2 aliphatic heterocycles. The molecule has 0 saturated carbocycles. The zero-order valence-corrected chi connectivity index (χ0v) is 12.3. The summed E-state index contributed by atoms with van der Waals surface area (Å²) < 4.78 is 11.9. The molecule has 2 heterocycles. The van der Waals surface area contributed by atoms with Crippen LogP contribution in [0.3, 0.4) is 0 Å². The van der Waals surface area contributed by atoms with Gasteiger partial charge in [0.05, 0.1) is 11.2 Å². The summed E-state index contributed by atoms with van der Waals surface area (Å²) in [7, 11) is -0.00407. The van der Waals surface area contributed by atoms with Crippen LogP contribution in [0.15, 0.2) is 0 Å². The molecule has 2 aliphatic rings. The van der Waals surface area contributed by atoms with Gasteiger partial charge in [0.25, 0.3) is 0 Å². The molecule has 17 heavy (non-hydrogen) atoms. The highest BCUT2D eigenvalue weighted by molar-refractivity contribution is 6.45. The third kappa shape index (κ3) is 3.46. The molecule has 0 radical (unpaired) electrons. The molecule has 3 nitrogen and oxygen atoms in total. The van der Waals surface area contributed by atoms with Gasteiger partial charge in [-0.25, -0.2) is 0 Å². The minimum Gasteiger partial charge on any atom is -0.403 e. The maximum atomic E-state index is 5.94. The molecular weight excluding hydrogens is 213 g/mol. The fourth-order valence-electron chi connectivity index (χ4n) is 2.01. The number of rotatable bonds is 3. The lowest BCUT2D eigenvalue weighted by atomic mass is 9.78. The van der Waals surface area contributed by atoms with E-state index in [0.717, 1.165) is 12.2 Å². The molecule has 0 bridgehead atoms. The van der Waals surface area contributed by atoms with Crippen molar-refractivity contribution in [3.63, 3.8) is 0 Å². The molecule has 2 saturated heterocycles. The van der Waals surface area contributed by atoms with E-state index in [9.17, 15) is 0 Å². The Labute approximate surface area is 107 Å². The van der Waals surface area contributed by atoms with Gasteiger partial charge in [0.2, 0.25) is 0 Å². The predicted octanol–water partition coefficient (Wildman–Crippen LogP) is 2.71. The standard InChI is InChI=1S/C11H22BNO2.C2H6/c1-10(2)11(3,4)15-12(14-10)6-5-9-7-13-8-9;1-2/h9,13H,5-8H2,1-4H3;1-2H3. The van der Waals surface area contributed by atoms with Crippen LogP contribution in [0.2, 0.25) is 6.32 Å². The van der Waals surface area contributed by atoms with E-state index in [4.69, 9.17) is 9.31 Å². The van der Waals surface area contributed by atoms with Gasteiger partial charge in [-0.2, -0.15) is 0 Å². The monoisotopic (exact) mass is 241 g/mol. The van der Waals surface area contributed by atoms with E-state index in [1.165, 1.54) is 19.5 Å². The van der Waals surface area contributed by atoms with Crippen LogP contribution in [-0.2, 0) is 9.31 Å². The van der Waals surface area contributed by atoms with E-state index in [1.807, 2.05) is 13.8 Å². The molecule has 0 atom stereocenters. The smallest absolute Gasteiger partial charge is 0.403 e. The van der Waals surface area contributed by atoms with E-state index in [1.54, 1.807) is 0 Å². The van der Waals surface area contributed by atoms with Gasteiger partial charge in [-0.05, 0) is 59.4 Å². The Morgan fingerprint density at radius 2 is 1.53 bits per heavy atom. The van der Waals surface area contributed by atoms with Gasteiger partial charge >= 0.3 is 7.12 Å². The van der Waals surface area contributed by atoms with Gasteiger partial charge in [-0.3, -0.25) is 0 Å². The number of hydrogen-bond acceptors (Lipinski definition) is 3. The van der Waals surface area contributed by atoms with Crippen molar-refractivity contribution in [2.24, 2.45) is 5.92 Å². The Morgan fingerprint density at radius 1 is 1.06 bits per heavy atom. The molecule has 0 unspecified atom stereocenters. The van der Waals surface area contributed by atoms with Gasteiger partial charge in [0.1, 0.15) is 0 Å². The summed E-state index contributed by atoms with van der Waals surface area (Å²) >= 11 is 0. The lowest BCUT2D eigenvalue weighted by Crippen LogP contribution is -2.42. The topological polar surface area (TPSA) is 30.5 Å². The first-order valence-corrected chi connectivity index (χ1v) is 6.97. The van der Waals surface area contributed by atoms with Crippen molar-refractivity contribution < 1.29 is 9.31 Å². The first-order chi connectivity index (χ1) is 7.91. The largest absolute Gasteiger partial charge is 0.457 e. The maximum absolute atomic E-state index is 5.94. The lowest BCUT2D eigenvalue weighted by Gasteiger charge is -2.32. The summed E-state index contributed by atoms with van der Waals surface area (Å²) in [5.41, 5.74) is -0.342. The van der Waals surface area contributed by atoms with E-state index in [-0.39, 0.29) is 18.3 Å². The van der Waals surface area contributed by atoms with E-state index in [0.29, 0.717) is 0 Å². The van der Waals surface area contributed by atoms with Crippen molar-refractivity contribution in [1.29, 1.82) is 0 Å². The maximum Gasteiger partial charge on any atom is 0.457 e. The molecule has 2 fully saturated rings. The molecule has 2 rings (SSSR count). The van der Waals surface area contributed by atoms with Crippen molar-refractivity contribution >= 4 is 7.12 Å². The van der Waals surface area contributed by atoms with Crippen LogP contribution in [0.4, 0.5) is 0 Å². The van der Waals surface area contributed by atoms with Crippen molar-refractivity contribution in [2.45, 2.75) is 65.5 Å². The Morgan fingerprint density at radius 3 is 1.88 bits per heavy atom. The molecule has 0 aliphatic carbocycles. The van der Waals surface area contributed by atoms with E-state index < -0.39 is 0 Å². The predicted molar refractivity (Wildman–Crippen MR) is 73.2 cm³/mol. The Kier molecular flexibility index (Phi) is 5.05. The Bertz CT molecular complexity index is 224. The van der Waals surface area contributed by atoms with Crippen LogP contribution < -0.4 is 5.32 Å². The molecule has 0 aromatic heterocycles. The Balaban J connectivity index is 0.000000686. The average molecular weight is 241 g/mol. The van der Waals surface area contributed by atoms with Crippen molar-refractivity contribution in [1.82, 2.24) is 5.32 Å². The zero-order chi connectivity index (χ0) is 13.1. The van der Waals surface area contributed by atoms with Crippen LogP contribution in [0.25, 0.3) is 0 Å². The molecule has 4 heteroatoms. The summed E-state index contributed by atoms with van der Waals surface area (Å²) in [5, 5.41) is 3.29. The third-order valence-electron chi connectivity index (χ3n) is 3.98. The van der Waals surface area contributed by atoms with Crippen molar-refractivity contribution in [2.75, 3.05) is 13.1 Å². The fraction of sp³-hybridized carbons (Fsp3) is 1.00. The van der Waals surface area contributed by atoms with Gasteiger partial charge in [0, 0.05) is 0 Å². The summed E-state index contributed by atoms with van der Waals surface area (Å²) in [6, 6.07) is 0. The summed E-state index contributed by atoms with van der Waals surface area (Å²) in [6.07, 6.45) is 2.24. The minimum absolute atomic E-state index is 0.00407. The average Bonchev–Trinajstić information content (AvgIpc) is 2.36. The van der Waals surface area contributed by atoms with Crippen LogP contribution in [0.5, 0.6) is 0 Å². The molecule has 0 spiro atoms. The lowest BCUT2D eigenvalue weighted by molar-refractivity contribution is 0.00578. The number of hydrogen-bond donors (Lipinski definition) is 1. The SMILES string of the molecule is CC.CC1(C)OB(CCC2CNC2)OC1(C)C. The van der Waals surface area contributed by atoms with Gasteiger partial charge in [-0.1, -0.05) is 13.8 Å². The molecular formula is C13H28BNO2. The molecule has 0 aromatic carbocycles. The van der Waals surface area contributed by atoms with Gasteiger partial charge < -0.3 is 14.6 Å². The highest BCUT2D eigenvalue weighted by atomic mass is 16.7. The summed E-state index contributed by atoms with van der Waals surface area (Å²) in [6.45, 7) is 14.8. The van der Waals surface area contributed by atoms with Crippen molar-refractivity contribution in [3.05, 3.63) is 0 Å². The first-order valence-electron chi connectivity index (χ1n) is 6.97. The van der Waals surface area contributed by atoms with E-state index in [2.05, 4.69) is 33.0 Å². The highest BCUT2D eigenvalue weighted by Gasteiger charge is 2.50. The van der Waals surface area contributed by atoms with Crippen LogP contribution in [-0.4, -0.2) is 31.4 Å². The summed E-state index contributed by atoms with van der Waals surface area (Å²) in [5.74, 6) is 0.837. The zero-order valence-electron chi connectivity index (χ0n) is 12.3. The second-order valence-electron chi connectivity index (χ2n) is 5.79. The fourth-order valence-corrected chi connectivity index (χ4v) is 2.01. The normalized spacial score (nSPS) is 26.1. The van der Waals surface area contributed by atoms with Crippen LogP contribution in [0.1, 0.15) is 48.0 Å². The van der Waals surface area contributed by atoms with Crippen LogP contribution >= 0.6 is 0 Å². The Hall–Kier alpha value is -0.0551.